The van der Waals surface area contributed by atoms with Crippen molar-refractivity contribution < 1.29 is 23.8 Å². The van der Waals surface area contributed by atoms with Gasteiger partial charge in [-0.15, -0.1) is 0 Å². The monoisotopic (exact) mass is 319 g/mol. The first-order chi connectivity index (χ1) is 11.1. The number of carbonyl (C=O) groups excluding carboxylic acids is 2. The molecule has 23 heavy (non-hydrogen) atoms. The zero-order chi connectivity index (χ0) is 17.1. The molecular weight excluding hydrogens is 298 g/mol. The molecule has 1 aromatic carbocycles. The van der Waals surface area contributed by atoms with Crippen molar-refractivity contribution >= 4 is 12.1 Å². The molecule has 1 aromatic rings. The third-order valence-corrected chi connectivity index (χ3v) is 3.20. The van der Waals surface area contributed by atoms with E-state index < -0.39 is 6.16 Å². The Labute approximate surface area is 136 Å². The normalized spacial score (nSPS) is 11.2. The Morgan fingerprint density at radius 1 is 1.13 bits per heavy atom. The lowest BCUT2D eigenvalue weighted by Crippen LogP contribution is -2.15. The van der Waals surface area contributed by atoms with E-state index in [1.165, 1.54) is 12.1 Å². The fourth-order valence-corrected chi connectivity index (χ4v) is 1.56. The number of ether oxygens (including phenoxy) is 3. The van der Waals surface area contributed by atoms with Crippen molar-refractivity contribution in [3.8, 4) is 11.8 Å². The van der Waals surface area contributed by atoms with Gasteiger partial charge in [0.25, 0.3) is 0 Å². The zero-order valence-electron chi connectivity index (χ0n) is 13.4. The molecule has 0 aliphatic carbocycles. The van der Waals surface area contributed by atoms with Gasteiger partial charge in [0, 0.05) is 0 Å². The first-order valence-electron chi connectivity index (χ1n) is 7.58. The Morgan fingerprint density at radius 2 is 1.74 bits per heavy atom. The maximum Gasteiger partial charge on any atom is 0.513 e. The average molecular weight is 319 g/mol. The van der Waals surface area contributed by atoms with Gasteiger partial charge in [-0.05, 0) is 43.5 Å². The number of unbranched alkanes of at least 4 members (excludes halogenated alkanes) is 1. The molecule has 0 N–H and O–H groups in total. The van der Waals surface area contributed by atoms with Crippen molar-refractivity contribution in [2.75, 3.05) is 13.2 Å². The molecular formula is C17H21NO5. The van der Waals surface area contributed by atoms with E-state index in [2.05, 4.69) is 0 Å². The van der Waals surface area contributed by atoms with Crippen LogP contribution in [0.15, 0.2) is 24.3 Å². The van der Waals surface area contributed by atoms with E-state index in [1.54, 1.807) is 12.1 Å². The van der Waals surface area contributed by atoms with Crippen molar-refractivity contribution in [1.29, 1.82) is 5.26 Å². The largest absolute Gasteiger partial charge is 0.513 e. The second-order valence-electron chi connectivity index (χ2n) is 5.02. The van der Waals surface area contributed by atoms with Gasteiger partial charge in [0.1, 0.15) is 5.75 Å². The Balaban J connectivity index is 2.12. The van der Waals surface area contributed by atoms with E-state index in [0.717, 1.165) is 6.42 Å². The van der Waals surface area contributed by atoms with Gasteiger partial charge in [-0.1, -0.05) is 13.8 Å². The molecule has 0 bridgehead atoms. The fraction of sp³-hybridized carbons (Fsp3) is 0.471. The summed E-state index contributed by atoms with van der Waals surface area (Å²) >= 11 is 0. The lowest BCUT2D eigenvalue weighted by Gasteiger charge is -2.09. The molecule has 0 fully saturated rings. The van der Waals surface area contributed by atoms with Crippen molar-refractivity contribution in [2.45, 2.75) is 33.1 Å². The van der Waals surface area contributed by atoms with Crippen LogP contribution in [-0.4, -0.2) is 25.3 Å². The lowest BCUT2D eigenvalue weighted by atomic mass is 10.1. The minimum Gasteiger partial charge on any atom is -0.465 e. The molecule has 1 rings (SSSR count). The molecule has 0 saturated heterocycles. The Kier molecular flexibility index (Phi) is 8.22. The third-order valence-electron chi connectivity index (χ3n) is 3.20. The van der Waals surface area contributed by atoms with E-state index in [4.69, 9.17) is 19.5 Å². The van der Waals surface area contributed by atoms with Crippen LogP contribution in [0.3, 0.4) is 0 Å². The molecule has 0 amide bonds. The Hall–Kier alpha value is -2.55. The van der Waals surface area contributed by atoms with Gasteiger partial charge < -0.3 is 14.2 Å². The molecule has 0 aliphatic rings. The first kappa shape index (κ1) is 18.5. The Bertz CT molecular complexity index is 547. The standard InChI is InChI=1S/C17H21NO5/c1-3-13(2)16(19)21-10-4-5-11-22-17(20)23-15-8-6-14(12-18)7-9-15/h6-9,13H,3-5,10-11H2,1-2H3. The number of benzene rings is 1. The van der Waals surface area contributed by atoms with Crippen molar-refractivity contribution in [3.63, 3.8) is 0 Å². The maximum atomic E-state index is 11.4. The minimum absolute atomic E-state index is 0.0892. The third kappa shape index (κ3) is 7.32. The van der Waals surface area contributed by atoms with E-state index in [9.17, 15) is 9.59 Å². The molecule has 6 heteroatoms. The molecule has 1 atom stereocenters. The first-order valence-corrected chi connectivity index (χ1v) is 7.58. The van der Waals surface area contributed by atoms with Crippen LogP contribution in [-0.2, 0) is 14.3 Å². The summed E-state index contributed by atoms with van der Waals surface area (Å²) in [4.78, 5) is 22.9. The summed E-state index contributed by atoms with van der Waals surface area (Å²) < 4.78 is 14.9. The van der Waals surface area contributed by atoms with E-state index in [-0.39, 0.29) is 18.5 Å². The maximum absolute atomic E-state index is 11.4. The number of hydrogen-bond donors (Lipinski definition) is 0. The summed E-state index contributed by atoms with van der Waals surface area (Å²) in [6, 6.07) is 8.12. The summed E-state index contributed by atoms with van der Waals surface area (Å²) in [7, 11) is 0. The zero-order valence-corrected chi connectivity index (χ0v) is 13.4. The molecule has 0 spiro atoms. The summed E-state index contributed by atoms with van der Waals surface area (Å²) in [5.41, 5.74) is 0.484. The number of nitrogens with zero attached hydrogens (tertiary/aromatic N) is 1. The molecule has 0 heterocycles. The summed E-state index contributed by atoms with van der Waals surface area (Å²) in [5, 5.41) is 8.66. The van der Waals surface area contributed by atoms with Crippen LogP contribution in [0.2, 0.25) is 0 Å². The van der Waals surface area contributed by atoms with Crippen LogP contribution in [0, 0.1) is 17.2 Å². The van der Waals surface area contributed by atoms with Crippen molar-refractivity contribution in [2.24, 2.45) is 5.92 Å². The SMILES string of the molecule is CCC(C)C(=O)OCCCCOC(=O)Oc1ccc(C#N)cc1. The molecule has 0 aromatic heterocycles. The summed E-state index contributed by atoms with van der Waals surface area (Å²) in [6.07, 6.45) is 1.15. The van der Waals surface area contributed by atoms with Gasteiger partial charge in [-0.2, -0.15) is 5.26 Å². The highest BCUT2D eigenvalue weighted by Gasteiger charge is 2.11. The number of nitriles is 1. The van der Waals surface area contributed by atoms with Crippen LogP contribution < -0.4 is 4.74 Å². The topological polar surface area (TPSA) is 85.6 Å². The van der Waals surface area contributed by atoms with Crippen LogP contribution in [0.1, 0.15) is 38.7 Å². The van der Waals surface area contributed by atoms with Crippen LogP contribution in [0.4, 0.5) is 4.79 Å². The number of esters is 1. The van der Waals surface area contributed by atoms with Gasteiger partial charge in [0.05, 0.1) is 30.8 Å². The number of carbonyl (C=O) groups is 2. The van der Waals surface area contributed by atoms with Gasteiger partial charge in [-0.25, -0.2) is 4.79 Å². The smallest absolute Gasteiger partial charge is 0.465 e. The Morgan fingerprint density at radius 3 is 2.30 bits per heavy atom. The predicted octanol–water partition coefficient (Wildman–Crippen LogP) is 3.44. The second-order valence-corrected chi connectivity index (χ2v) is 5.02. The van der Waals surface area contributed by atoms with Gasteiger partial charge in [-0.3, -0.25) is 4.79 Å². The van der Waals surface area contributed by atoms with E-state index in [0.29, 0.717) is 30.8 Å². The highest BCUT2D eigenvalue weighted by Crippen LogP contribution is 2.12. The van der Waals surface area contributed by atoms with Gasteiger partial charge in [0.15, 0.2) is 0 Å². The molecule has 0 radical (unpaired) electrons. The molecule has 124 valence electrons. The highest BCUT2D eigenvalue weighted by atomic mass is 16.7. The van der Waals surface area contributed by atoms with Crippen molar-refractivity contribution in [1.82, 2.24) is 0 Å². The molecule has 6 nitrogen and oxygen atoms in total. The molecule has 0 aliphatic heterocycles. The van der Waals surface area contributed by atoms with Crippen LogP contribution in [0.5, 0.6) is 5.75 Å². The van der Waals surface area contributed by atoms with E-state index >= 15 is 0 Å². The summed E-state index contributed by atoms with van der Waals surface area (Å²) in [5.74, 6) is 0.0266. The quantitative estimate of drug-likeness (QED) is 0.414. The molecule has 1 unspecified atom stereocenters. The van der Waals surface area contributed by atoms with E-state index in [1.807, 2.05) is 19.9 Å². The van der Waals surface area contributed by atoms with Crippen molar-refractivity contribution in [3.05, 3.63) is 29.8 Å². The van der Waals surface area contributed by atoms with Gasteiger partial charge >= 0.3 is 12.1 Å². The minimum atomic E-state index is -0.800. The van der Waals surface area contributed by atoms with Crippen LogP contribution in [0.25, 0.3) is 0 Å². The van der Waals surface area contributed by atoms with Gasteiger partial charge in [0.2, 0.25) is 0 Å². The van der Waals surface area contributed by atoms with Crippen LogP contribution >= 0.6 is 0 Å². The number of rotatable bonds is 8. The molecule has 0 saturated carbocycles. The average Bonchev–Trinajstić information content (AvgIpc) is 2.57. The lowest BCUT2D eigenvalue weighted by molar-refractivity contribution is -0.148. The predicted molar refractivity (Wildman–Crippen MR) is 82.8 cm³/mol. The summed E-state index contributed by atoms with van der Waals surface area (Å²) in [6.45, 7) is 4.26. The number of hydrogen-bond acceptors (Lipinski definition) is 6. The second kappa shape index (κ2) is 10.2. The fourth-order valence-electron chi connectivity index (χ4n) is 1.56. The highest BCUT2D eigenvalue weighted by molar-refractivity contribution is 5.71.